The van der Waals surface area contributed by atoms with Crippen LogP contribution in [-0.2, 0) is 11.3 Å². The second kappa shape index (κ2) is 8.49. The van der Waals surface area contributed by atoms with Gasteiger partial charge in [0, 0.05) is 24.3 Å². The van der Waals surface area contributed by atoms with E-state index in [9.17, 15) is 14.4 Å². The Kier molecular flexibility index (Phi) is 5.44. The van der Waals surface area contributed by atoms with Gasteiger partial charge in [-0.15, -0.1) is 0 Å². The van der Waals surface area contributed by atoms with E-state index in [2.05, 4.69) is 27.5 Å². The molecule has 0 atom stereocenters. The van der Waals surface area contributed by atoms with Gasteiger partial charge < -0.3 is 10.6 Å². The van der Waals surface area contributed by atoms with Crippen molar-refractivity contribution in [2.45, 2.75) is 6.54 Å². The number of urea groups is 1. The Bertz CT molecular complexity index is 1220. The van der Waals surface area contributed by atoms with E-state index in [4.69, 9.17) is 0 Å². The van der Waals surface area contributed by atoms with E-state index < -0.39 is 0 Å². The molecule has 30 heavy (non-hydrogen) atoms. The van der Waals surface area contributed by atoms with E-state index in [1.807, 2.05) is 24.3 Å². The summed E-state index contributed by atoms with van der Waals surface area (Å²) in [7, 11) is 0. The molecular weight excluding hydrogens is 382 g/mol. The third-order valence-electron chi connectivity index (χ3n) is 4.69. The quantitative estimate of drug-likeness (QED) is 0.640. The summed E-state index contributed by atoms with van der Waals surface area (Å²) < 4.78 is 1.28. The molecule has 1 aliphatic rings. The number of hydrogen-bond donors (Lipinski definition) is 2. The molecule has 1 saturated heterocycles. The Morgan fingerprint density at radius 2 is 1.93 bits per heavy atom. The molecule has 1 aliphatic heterocycles. The van der Waals surface area contributed by atoms with Gasteiger partial charge in [0.25, 0.3) is 5.56 Å². The molecule has 4 rings (SSSR count). The van der Waals surface area contributed by atoms with Crippen molar-refractivity contribution in [3.63, 3.8) is 0 Å². The first-order chi connectivity index (χ1) is 14.6. The maximum absolute atomic E-state index is 12.4. The van der Waals surface area contributed by atoms with Gasteiger partial charge in [0.05, 0.1) is 23.8 Å². The number of para-hydroxylation sites is 1. The number of fused-ring (bicyclic) bond motifs is 1. The summed E-state index contributed by atoms with van der Waals surface area (Å²) in [6.07, 6.45) is 1.37. The van der Waals surface area contributed by atoms with Gasteiger partial charge in [0.15, 0.2) is 0 Å². The maximum atomic E-state index is 12.4. The average Bonchev–Trinajstić information content (AvgIpc) is 3.20. The number of rotatable bonds is 4. The van der Waals surface area contributed by atoms with E-state index >= 15 is 0 Å². The highest BCUT2D eigenvalue weighted by Crippen LogP contribution is 2.16. The van der Waals surface area contributed by atoms with Crippen molar-refractivity contribution >= 4 is 28.5 Å². The van der Waals surface area contributed by atoms with E-state index in [-0.39, 0.29) is 30.6 Å². The molecule has 3 amide bonds. The molecule has 0 spiro atoms. The first-order valence-corrected chi connectivity index (χ1v) is 9.47. The van der Waals surface area contributed by atoms with Gasteiger partial charge in [-0.3, -0.25) is 19.1 Å². The molecule has 0 bridgehead atoms. The summed E-state index contributed by atoms with van der Waals surface area (Å²) in [4.78, 5) is 42.1. The van der Waals surface area contributed by atoms with Crippen LogP contribution in [0.25, 0.3) is 10.9 Å². The fourth-order valence-electron chi connectivity index (χ4n) is 3.16. The molecule has 2 aromatic carbocycles. The van der Waals surface area contributed by atoms with Crippen LogP contribution in [0.5, 0.6) is 0 Å². The van der Waals surface area contributed by atoms with Crippen molar-refractivity contribution in [3.8, 4) is 11.8 Å². The number of hydrogen-bond acceptors (Lipinski definition) is 4. The average molecular weight is 401 g/mol. The first kappa shape index (κ1) is 19.2. The highest BCUT2D eigenvalue weighted by molar-refractivity contribution is 5.94. The molecule has 0 radical (unpaired) electrons. The molecule has 0 saturated carbocycles. The van der Waals surface area contributed by atoms with E-state index in [1.54, 1.807) is 29.2 Å². The summed E-state index contributed by atoms with van der Waals surface area (Å²) in [6, 6.07) is 14.2. The highest BCUT2D eigenvalue weighted by atomic mass is 16.2. The second-order valence-electron chi connectivity index (χ2n) is 6.70. The molecule has 8 heteroatoms. The summed E-state index contributed by atoms with van der Waals surface area (Å²) in [5.74, 6) is 5.53. The maximum Gasteiger partial charge on any atom is 0.321 e. The Labute approximate surface area is 172 Å². The van der Waals surface area contributed by atoms with Gasteiger partial charge in [0.2, 0.25) is 5.91 Å². The van der Waals surface area contributed by atoms with Crippen LogP contribution in [0.2, 0.25) is 0 Å². The molecule has 8 nitrogen and oxygen atoms in total. The lowest BCUT2D eigenvalue weighted by molar-refractivity contribution is -0.121. The van der Waals surface area contributed by atoms with Gasteiger partial charge in [-0.2, -0.15) is 0 Å². The smallest absolute Gasteiger partial charge is 0.321 e. The first-order valence-electron chi connectivity index (χ1n) is 9.47. The fourth-order valence-corrected chi connectivity index (χ4v) is 3.16. The SMILES string of the molecule is O=C(Cn1cnc2ccccc2c1=O)NCC#Cc1ccc(N2CCNC2=O)cc1. The van der Waals surface area contributed by atoms with Crippen LogP contribution in [0.4, 0.5) is 10.5 Å². The van der Waals surface area contributed by atoms with Gasteiger partial charge >= 0.3 is 6.03 Å². The minimum atomic E-state index is -0.320. The largest absolute Gasteiger partial charge is 0.344 e. The minimum Gasteiger partial charge on any atom is -0.344 e. The van der Waals surface area contributed by atoms with Crippen molar-refractivity contribution in [1.29, 1.82) is 0 Å². The Morgan fingerprint density at radius 3 is 2.70 bits per heavy atom. The third kappa shape index (κ3) is 4.15. The summed E-state index contributed by atoms with van der Waals surface area (Å²) in [5.41, 5.74) is 1.94. The molecule has 150 valence electrons. The predicted octanol–water partition coefficient (Wildman–Crippen LogP) is 1.09. The number of benzene rings is 2. The normalized spacial score (nSPS) is 12.9. The van der Waals surface area contributed by atoms with E-state index in [0.717, 1.165) is 11.3 Å². The summed E-state index contributed by atoms with van der Waals surface area (Å²) >= 11 is 0. The molecule has 2 heterocycles. The van der Waals surface area contributed by atoms with E-state index in [1.165, 1.54) is 10.9 Å². The zero-order valence-electron chi connectivity index (χ0n) is 16.1. The van der Waals surface area contributed by atoms with Gasteiger partial charge in [-0.05, 0) is 36.4 Å². The molecule has 1 aromatic heterocycles. The van der Waals surface area contributed by atoms with Crippen molar-refractivity contribution in [2.75, 3.05) is 24.5 Å². The van der Waals surface area contributed by atoms with Crippen LogP contribution in [0.1, 0.15) is 5.56 Å². The Morgan fingerprint density at radius 1 is 1.13 bits per heavy atom. The lowest BCUT2D eigenvalue weighted by Crippen LogP contribution is -2.32. The van der Waals surface area contributed by atoms with Gasteiger partial charge in [0.1, 0.15) is 6.54 Å². The molecule has 2 N–H and O–H groups in total. The van der Waals surface area contributed by atoms with Gasteiger partial charge in [-0.25, -0.2) is 9.78 Å². The number of carbonyl (C=O) groups is 2. The zero-order chi connectivity index (χ0) is 20.9. The molecule has 0 aliphatic carbocycles. The van der Waals surface area contributed by atoms with Crippen LogP contribution >= 0.6 is 0 Å². The van der Waals surface area contributed by atoms with Crippen molar-refractivity contribution < 1.29 is 9.59 Å². The highest BCUT2D eigenvalue weighted by Gasteiger charge is 2.20. The van der Waals surface area contributed by atoms with Crippen LogP contribution in [0.3, 0.4) is 0 Å². The van der Waals surface area contributed by atoms with Crippen LogP contribution < -0.4 is 21.1 Å². The summed E-state index contributed by atoms with van der Waals surface area (Å²) in [6.45, 7) is 1.32. The molecule has 0 unspecified atom stereocenters. The van der Waals surface area contributed by atoms with Crippen molar-refractivity contribution in [1.82, 2.24) is 20.2 Å². The standard InChI is InChI=1S/C22H19N5O3/c28-20(14-26-15-25-19-6-2-1-5-18(19)21(26)29)23-11-3-4-16-7-9-17(10-8-16)27-13-12-24-22(27)30/h1-2,5-10,15H,11-14H2,(H,23,28)(H,24,30). The number of carbonyl (C=O) groups excluding carboxylic acids is 2. The zero-order valence-corrected chi connectivity index (χ0v) is 16.1. The molecule has 1 fully saturated rings. The fraction of sp³-hybridized carbons (Fsp3) is 0.182. The second-order valence-corrected chi connectivity index (χ2v) is 6.70. The number of anilines is 1. The monoisotopic (exact) mass is 401 g/mol. The lowest BCUT2D eigenvalue weighted by atomic mass is 10.2. The van der Waals surface area contributed by atoms with Crippen molar-refractivity contribution in [2.24, 2.45) is 0 Å². The number of aromatic nitrogens is 2. The number of nitrogens with zero attached hydrogens (tertiary/aromatic N) is 3. The van der Waals surface area contributed by atoms with Crippen LogP contribution in [-0.4, -0.2) is 41.1 Å². The summed E-state index contributed by atoms with van der Waals surface area (Å²) in [5, 5.41) is 5.91. The molecular formula is C22H19N5O3. The van der Waals surface area contributed by atoms with Crippen LogP contribution in [0.15, 0.2) is 59.7 Å². The molecule has 3 aromatic rings. The van der Waals surface area contributed by atoms with Gasteiger partial charge in [-0.1, -0.05) is 24.0 Å². The lowest BCUT2D eigenvalue weighted by Gasteiger charge is -2.13. The Balaban J connectivity index is 1.32. The van der Waals surface area contributed by atoms with E-state index in [0.29, 0.717) is 24.0 Å². The number of amides is 3. The van der Waals surface area contributed by atoms with Crippen molar-refractivity contribution in [3.05, 3.63) is 70.8 Å². The number of nitrogens with one attached hydrogen (secondary N) is 2. The topological polar surface area (TPSA) is 96.3 Å². The van der Waals surface area contributed by atoms with Crippen LogP contribution in [0, 0.1) is 11.8 Å². The third-order valence-corrected chi connectivity index (χ3v) is 4.69. The minimum absolute atomic E-state index is 0.0998. The predicted molar refractivity (Wildman–Crippen MR) is 113 cm³/mol. The Hall–Kier alpha value is -4.12.